The topological polar surface area (TPSA) is 106 Å². The second-order valence-corrected chi connectivity index (χ2v) is 12.3. The Kier molecular flexibility index (Phi) is 9.05. The van der Waals surface area contributed by atoms with Gasteiger partial charge < -0.3 is 28.8 Å². The molecule has 1 aliphatic heterocycles. The molecule has 3 aromatic rings. The van der Waals surface area contributed by atoms with Gasteiger partial charge in [0.15, 0.2) is 11.5 Å². The van der Waals surface area contributed by atoms with Crippen LogP contribution in [0.1, 0.15) is 50.7 Å². The van der Waals surface area contributed by atoms with Crippen LogP contribution in [-0.2, 0) is 11.3 Å². The fourth-order valence-corrected chi connectivity index (χ4v) is 5.22. The molecule has 1 N–H and O–H groups in total. The van der Waals surface area contributed by atoms with Gasteiger partial charge in [0.05, 0.1) is 19.8 Å². The number of oxazole rings is 1. The van der Waals surface area contributed by atoms with Crippen molar-refractivity contribution in [3.63, 3.8) is 0 Å². The Morgan fingerprint density at radius 3 is 2.39 bits per heavy atom. The van der Waals surface area contributed by atoms with Gasteiger partial charge >= 0.3 is 6.09 Å². The number of carbonyl (C=O) groups excluding carboxylic acids is 2. The number of nitrogens with zero attached hydrogens (tertiary/aromatic N) is 3. The zero-order chi connectivity index (χ0) is 29.9. The van der Waals surface area contributed by atoms with E-state index in [1.165, 1.54) is 0 Å². The first-order valence-corrected chi connectivity index (χ1v) is 14.4. The lowest BCUT2D eigenvalue weighted by molar-refractivity contribution is 0.000364. The molecule has 0 aliphatic carbocycles. The van der Waals surface area contributed by atoms with Crippen molar-refractivity contribution in [2.45, 2.75) is 52.3 Å². The second-order valence-electron chi connectivity index (χ2n) is 11.4. The van der Waals surface area contributed by atoms with Crippen LogP contribution >= 0.6 is 22.6 Å². The zero-order valence-corrected chi connectivity index (χ0v) is 26.7. The van der Waals surface area contributed by atoms with E-state index in [0.717, 1.165) is 16.8 Å². The van der Waals surface area contributed by atoms with Gasteiger partial charge in [-0.15, -0.1) is 0 Å². The number of piperazine rings is 1. The fraction of sp³-hybridized carbons (Fsp3) is 0.433. The Balaban J connectivity index is 1.46. The number of amides is 2. The van der Waals surface area contributed by atoms with Gasteiger partial charge in [0.1, 0.15) is 17.1 Å². The van der Waals surface area contributed by atoms with Gasteiger partial charge in [0, 0.05) is 71.7 Å². The van der Waals surface area contributed by atoms with Crippen LogP contribution in [0.4, 0.5) is 10.5 Å². The number of rotatable bonds is 7. The van der Waals surface area contributed by atoms with Crippen LogP contribution in [-0.4, -0.2) is 66.9 Å². The minimum atomic E-state index is -0.545. The van der Waals surface area contributed by atoms with E-state index in [0.29, 0.717) is 40.8 Å². The molecular weight excluding hydrogens is 639 g/mol. The first-order chi connectivity index (χ1) is 19.3. The molecule has 4 rings (SSSR count). The molecule has 1 saturated heterocycles. The zero-order valence-electron chi connectivity index (χ0n) is 24.5. The lowest BCUT2D eigenvalue weighted by Gasteiger charge is -2.47. The molecule has 0 radical (unpaired) electrons. The highest BCUT2D eigenvalue weighted by Crippen LogP contribution is 2.31. The van der Waals surface area contributed by atoms with E-state index < -0.39 is 11.1 Å². The smallest absolute Gasteiger partial charge is 0.410 e. The van der Waals surface area contributed by atoms with Crippen molar-refractivity contribution in [1.29, 1.82) is 0 Å². The van der Waals surface area contributed by atoms with Crippen LogP contribution in [0.5, 0.6) is 11.5 Å². The van der Waals surface area contributed by atoms with Crippen LogP contribution < -0.4 is 19.7 Å². The molecular formula is C30H37IN4O6. The summed E-state index contributed by atoms with van der Waals surface area (Å²) in [7, 11) is 3.16. The molecule has 0 spiro atoms. The van der Waals surface area contributed by atoms with Gasteiger partial charge in [-0.05, 0) is 71.0 Å². The molecule has 220 valence electrons. The monoisotopic (exact) mass is 676 g/mol. The molecule has 11 heteroatoms. The average molecular weight is 677 g/mol. The molecule has 2 heterocycles. The average Bonchev–Trinajstić information content (AvgIpc) is 3.31. The highest BCUT2D eigenvalue weighted by molar-refractivity contribution is 14.1. The molecule has 0 atom stereocenters. The van der Waals surface area contributed by atoms with Crippen LogP contribution in [0.2, 0.25) is 0 Å². The van der Waals surface area contributed by atoms with E-state index in [1.54, 1.807) is 25.2 Å². The minimum absolute atomic E-state index is 0.210. The summed E-state index contributed by atoms with van der Waals surface area (Å²) in [6, 6.07) is 13.3. The molecule has 10 nitrogen and oxygen atoms in total. The Hall–Kier alpha value is -3.48. The van der Waals surface area contributed by atoms with Gasteiger partial charge in [0.2, 0.25) is 0 Å². The van der Waals surface area contributed by atoms with Crippen LogP contribution in [0.3, 0.4) is 0 Å². The highest BCUT2D eigenvalue weighted by atomic mass is 127. The van der Waals surface area contributed by atoms with Gasteiger partial charge in [-0.25, -0.2) is 4.79 Å². The Labute approximate surface area is 254 Å². The van der Waals surface area contributed by atoms with Crippen LogP contribution in [0, 0.1) is 3.90 Å². The third-order valence-corrected chi connectivity index (χ3v) is 7.22. The molecule has 41 heavy (non-hydrogen) atoms. The lowest BCUT2D eigenvalue weighted by Crippen LogP contribution is -2.61. The number of carbonyl (C=O) groups is 2. The van der Waals surface area contributed by atoms with E-state index >= 15 is 0 Å². The summed E-state index contributed by atoms with van der Waals surface area (Å²) in [5.41, 5.74) is 1.80. The van der Waals surface area contributed by atoms with E-state index in [9.17, 15) is 9.59 Å². The molecule has 0 bridgehead atoms. The van der Waals surface area contributed by atoms with Gasteiger partial charge in [-0.2, -0.15) is 4.98 Å². The molecule has 0 saturated carbocycles. The van der Waals surface area contributed by atoms with E-state index in [2.05, 4.69) is 15.2 Å². The predicted octanol–water partition coefficient (Wildman–Crippen LogP) is 5.73. The number of anilines is 1. The maximum atomic E-state index is 13.2. The van der Waals surface area contributed by atoms with Crippen molar-refractivity contribution >= 4 is 40.3 Å². The molecule has 0 unspecified atom stereocenters. The van der Waals surface area contributed by atoms with Crippen LogP contribution in [0.15, 0.2) is 46.9 Å². The second kappa shape index (κ2) is 12.2. The normalized spacial score (nSPS) is 14.9. The van der Waals surface area contributed by atoms with E-state index in [4.69, 9.17) is 18.6 Å². The summed E-state index contributed by atoms with van der Waals surface area (Å²) in [4.78, 5) is 34.3. The molecule has 1 aromatic heterocycles. The van der Waals surface area contributed by atoms with Crippen molar-refractivity contribution in [3.05, 3.63) is 57.6 Å². The van der Waals surface area contributed by atoms with Gasteiger partial charge in [0.25, 0.3) is 9.80 Å². The number of hydrogen-bond acceptors (Lipinski definition) is 8. The number of nitrogens with one attached hydrogen (secondary N) is 1. The summed E-state index contributed by atoms with van der Waals surface area (Å²) in [6.45, 7) is 11.8. The van der Waals surface area contributed by atoms with Crippen molar-refractivity contribution in [3.8, 4) is 22.8 Å². The third kappa shape index (κ3) is 7.24. The van der Waals surface area contributed by atoms with Crippen molar-refractivity contribution in [2.24, 2.45) is 0 Å². The van der Waals surface area contributed by atoms with Crippen molar-refractivity contribution < 1.29 is 28.2 Å². The van der Waals surface area contributed by atoms with Crippen molar-refractivity contribution in [2.75, 3.05) is 38.8 Å². The van der Waals surface area contributed by atoms with Gasteiger partial charge in [-0.1, -0.05) is 0 Å². The standard InChI is InChI=1S/C30H37IN4O6/c1-29(2,3)41-28(37)35-15-14-34(18-30(35,4)5)21-11-8-19(9-12-21)25-24(33-27(31)40-25)26(36)32-17-20-10-13-22(38-6)16-23(20)39-7/h8-13,16H,14-15,17-18H2,1-7H3,(H,32,36). The van der Waals surface area contributed by atoms with E-state index in [-0.39, 0.29) is 24.2 Å². The van der Waals surface area contributed by atoms with Crippen molar-refractivity contribution in [1.82, 2.24) is 15.2 Å². The number of methoxy groups -OCH3 is 2. The largest absolute Gasteiger partial charge is 0.497 e. The number of benzene rings is 2. The number of aromatic nitrogens is 1. The maximum absolute atomic E-state index is 13.2. The quantitative estimate of drug-likeness (QED) is 0.317. The lowest BCUT2D eigenvalue weighted by atomic mass is 9.98. The van der Waals surface area contributed by atoms with E-state index in [1.807, 2.05) is 93.6 Å². The van der Waals surface area contributed by atoms with Gasteiger partial charge in [-0.3, -0.25) is 9.69 Å². The Morgan fingerprint density at radius 2 is 1.78 bits per heavy atom. The third-order valence-electron chi connectivity index (χ3n) is 6.76. The highest BCUT2D eigenvalue weighted by Gasteiger charge is 2.39. The summed E-state index contributed by atoms with van der Waals surface area (Å²) < 4.78 is 22.5. The first kappa shape index (κ1) is 30.5. The molecule has 1 aliphatic rings. The SMILES string of the molecule is COc1ccc(CNC(=O)c2nc(I)oc2-c2ccc(N3CCN(C(=O)OC(C)(C)C)C(C)(C)C3)cc2)c(OC)c1. The Bertz CT molecular complexity index is 1400. The number of halogens is 1. The fourth-order valence-electron chi connectivity index (χ4n) is 4.76. The minimum Gasteiger partial charge on any atom is -0.497 e. The summed E-state index contributed by atoms with van der Waals surface area (Å²) >= 11 is 1.96. The summed E-state index contributed by atoms with van der Waals surface area (Å²) in [5, 5.41) is 2.91. The number of ether oxygens (including phenoxy) is 3. The Morgan fingerprint density at radius 1 is 1.07 bits per heavy atom. The summed E-state index contributed by atoms with van der Waals surface area (Å²) in [5.74, 6) is 1.33. The molecule has 1 fully saturated rings. The molecule has 2 aromatic carbocycles. The molecule has 2 amide bonds. The van der Waals surface area contributed by atoms with Crippen LogP contribution in [0.25, 0.3) is 11.3 Å². The maximum Gasteiger partial charge on any atom is 0.410 e. The number of hydrogen-bond donors (Lipinski definition) is 1. The predicted molar refractivity (Wildman–Crippen MR) is 165 cm³/mol. The summed E-state index contributed by atoms with van der Waals surface area (Å²) in [6.07, 6.45) is -0.298. The first-order valence-electron chi connectivity index (χ1n) is 13.3.